The van der Waals surface area contributed by atoms with Crippen molar-refractivity contribution >= 4 is 17.7 Å². The van der Waals surface area contributed by atoms with Crippen molar-refractivity contribution in [3.8, 4) is 0 Å². The number of hydrogen-bond donors (Lipinski definition) is 1. The lowest BCUT2D eigenvalue weighted by atomic mass is 10.2. The van der Waals surface area contributed by atoms with Gasteiger partial charge in [-0.3, -0.25) is 9.89 Å². The molecule has 0 aromatic carbocycles. The van der Waals surface area contributed by atoms with E-state index in [9.17, 15) is 0 Å². The van der Waals surface area contributed by atoms with Crippen LogP contribution in [0, 0.1) is 0 Å². The molecule has 0 aromatic rings. The molecule has 1 heterocycles. The highest BCUT2D eigenvalue weighted by molar-refractivity contribution is 7.98. The Labute approximate surface area is 135 Å². The molecule has 1 atom stereocenters. The summed E-state index contributed by atoms with van der Waals surface area (Å²) >= 11 is 1.92. The Kier molecular flexibility index (Phi) is 9.92. The topological polar surface area (TPSA) is 30.9 Å². The lowest BCUT2D eigenvalue weighted by Crippen LogP contribution is -2.43. The van der Waals surface area contributed by atoms with E-state index < -0.39 is 0 Å². The number of likely N-dealkylation sites (N-methyl/N-ethyl adjacent to an activating group) is 1. The van der Waals surface area contributed by atoms with E-state index in [-0.39, 0.29) is 0 Å². The normalized spacial score (nSPS) is 19.6. The number of aliphatic imine (C=N–C) groups is 1. The van der Waals surface area contributed by atoms with Crippen LogP contribution >= 0.6 is 11.8 Å². The zero-order valence-corrected chi connectivity index (χ0v) is 15.2. The van der Waals surface area contributed by atoms with Gasteiger partial charge in [-0.1, -0.05) is 13.8 Å². The number of nitrogens with one attached hydrogen (secondary N) is 1. The van der Waals surface area contributed by atoms with E-state index in [0.29, 0.717) is 6.04 Å². The largest absolute Gasteiger partial charge is 0.357 e. The Morgan fingerprint density at radius 2 is 2.05 bits per heavy atom. The molecule has 0 spiro atoms. The summed E-state index contributed by atoms with van der Waals surface area (Å²) in [6.07, 6.45) is 5.90. The highest BCUT2D eigenvalue weighted by Gasteiger charge is 2.27. The molecule has 1 rings (SSSR count). The van der Waals surface area contributed by atoms with Gasteiger partial charge in [0, 0.05) is 32.2 Å². The first-order valence-electron chi connectivity index (χ1n) is 8.52. The predicted octanol–water partition coefficient (Wildman–Crippen LogP) is 2.51. The Morgan fingerprint density at radius 3 is 2.67 bits per heavy atom. The molecule has 4 nitrogen and oxygen atoms in total. The van der Waals surface area contributed by atoms with Crippen LogP contribution in [-0.4, -0.2) is 73.1 Å². The number of nitrogens with zero attached hydrogens (tertiary/aromatic N) is 3. The third-order valence-corrected chi connectivity index (χ3v) is 4.84. The number of rotatable bonds is 9. The summed E-state index contributed by atoms with van der Waals surface area (Å²) in [5, 5.41) is 3.46. The van der Waals surface area contributed by atoms with Crippen LogP contribution in [0.1, 0.15) is 40.0 Å². The van der Waals surface area contributed by atoms with Crippen molar-refractivity contribution in [2.45, 2.75) is 46.1 Å². The van der Waals surface area contributed by atoms with Crippen molar-refractivity contribution in [2.24, 2.45) is 4.99 Å². The van der Waals surface area contributed by atoms with Gasteiger partial charge < -0.3 is 10.2 Å². The number of likely N-dealkylation sites (tertiary alicyclic amines) is 1. The number of thioether (sulfide) groups is 1. The van der Waals surface area contributed by atoms with Gasteiger partial charge in [0.25, 0.3) is 0 Å². The number of guanidine groups is 1. The highest BCUT2D eigenvalue weighted by Crippen LogP contribution is 2.15. The zero-order valence-electron chi connectivity index (χ0n) is 14.4. The van der Waals surface area contributed by atoms with Crippen molar-refractivity contribution in [3.05, 3.63) is 0 Å². The molecular weight excluding hydrogens is 280 g/mol. The summed E-state index contributed by atoms with van der Waals surface area (Å²) in [5.41, 5.74) is 0. The summed E-state index contributed by atoms with van der Waals surface area (Å²) in [7, 11) is 0. The summed E-state index contributed by atoms with van der Waals surface area (Å²) in [6, 6.07) is 0.695. The number of hydrogen-bond acceptors (Lipinski definition) is 3. The van der Waals surface area contributed by atoms with Gasteiger partial charge in [0.1, 0.15) is 0 Å². The fraction of sp³-hybridized carbons (Fsp3) is 0.938. The lowest BCUT2D eigenvalue weighted by molar-refractivity contribution is 0.223. The maximum Gasteiger partial charge on any atom is 0.193 e. The fourth-order valence-corrected chi connectivity index (χ4v) is 3.43. The molecule has 21 heavy (non-hydrogen) atoms. The molecule has 0 radical (unpaired) electrons. The Morgan fingerprint density at radius 1 is 1.29 bits per heavy atom. The smallest absolute Gasteiger partial charge is 0.193 e. The molecule has 0 amide bonds. The second-order valence-electron chi connectivity index (χ2n) is 5.55. The summed E-state index contributed by atoms with van der Waals surface area (Å²) in [5.74, 6) is 2.37. The second-order valence-corrected chi connectivity index (χ2v) is 6.53. The summed E-state index contributed by atoms with van der Waals surface area (Å²) in [4.78, 5) is 9.83. The van der Waals surface area contributed by atoms with Crippen LogP contribution in [0.3, 0.4) is 0 Å². The van der Waals surface area contributed by atoms with Gasteiger partial charge in [0.05, 0.1) is 0 Å². The molecule has 1 fully saturated rings. The van der Waals surface area contributed by atoms with E-state index in [1.54, 1.807) is 0 Å². The molecule has 0 bridgehead atoms. The van der Waals surface area contributed by atoms with Crippen LogP contribution in [0.25, 0.3) is 0 Å². The van der Waals surface area contributed by atoms with E-state index in [1.807, 2.05) is 11.8 Å². The molecule has 0 saturated carbocycles. The van der Waals surface area contributed by atoms with Crippen LogP contribution in [0.4, 0.5) is 0 Å². The molecule has 5 heteroatoms. The van der Waals surface area contributed by atoms with Gasteiger partial charge in [-0.25, -0.2) is 0 Å². The maximum absolute atomic E-state index is 4.82. The van der Waals surface area contributed by atoms with Crippen molar-refractivity contribution in [1.82, 2.24) is 15.1 Å². The summed E-state index contributed by atoms with van der Waals surface area (Å²) < 4.78 is 0. The average molecular weight is 315 g/mol. The van der Waals surface area contributed by atoms with Crippen LogP contribution in [-0.2, 0) is 0 Å². The van der Waals surface area contributed by atoms with Gasteiger partial charge in [-0.2, -0.15) is 11.8 Å². The maximum atomic E-state index is 4.82. The average Bonchev–Trinajstić information content (AvgIpc) is 2.97. The Bertz CT molecular complexity index is 292. The molecule has 124 valence electrons. The molecule has 1 aliphatic heterocycles. The third kappa shape index (κ3) is 6.47. The molecule has 1 unspecified atom stereocenters. The molecule has 1 aliphatic rings. The Hall–Kier alpha value is -0.420. The molecular formula is C16H34N4S. The Balaban J connectivity index is 2.47. The quantitative estimate of drug-likeness (QED) is 0.402. The van der Waals surface area contributed by atoms with E-state index in [2.05, 4.69) is 42.1 Å². The van der Waals surface area contributed by atoms with Gasteiger partial charge in [-0.05, 0) is 51.3 Å². The van der Waals surface area contributed by atoms with Crippen molar-refractivity contribution in [2.75, 3.05) is 51.3 Å². The summed E-state index contributed by atoms with van der Waals surface area (Å²) in [6.45, 7) is 13.1. The van der Waals surface area contributed by atoms with E-state index in [1.165, 1.54) is 25.0 Å². The van der Waals surface area contributed by atoms with Gasteiger partial charge in [0.15, 0.2) is 5.96 Å². The van der Waals surface area contributed by atoms with Gasteiger partial charge >= 0.3 is 0 Å². The zero-order chi connectivity index (χ0) is 15.5. The number of unbranched alkanes of at least 4 members (excludes halogenated alkanes) is 1. The lowest BCUT2D eigenvalue weighted by Gasteiger charge is -2.27. The SMILES string of the molecule is CCNC(=NCCCCSC)N1CCC(N(CC)CC)C1. The van der Waals surface area contributed by atoms with Crippen molar-refractivity contribution in [3.63, 3.8) is 0 Å². The van der Waals surface area contributed by atoms with Crippen LogP contribution in [0.5, 0.6) is 0 Å². The van der Waals surface area contributed by atoms with Crippen LogP contribution in [0.15, 0.2) is 4.99 Å². The minimum absolute atomic E-state index is 0.695. The highest BCUT2D eigenvalue weighted by atomic mass is 32.2. The van der Waals surface area contributed by atoms with Crippen molar-refractivity contribution < 1.29 is 0 Å². The standard InChI is InChI=1S/C16H34N4S/c1-5-17-16(18-11-8-9-13-21-4)20-12-10-15(14-20)19(6-2)7-3/h15H,5-14H2,1-4H3,(H,17,18). The molecule has 0 aromatic heterocycles. The third-order valence-electron chi connectivity index (χ3n) is 4.14. The molecule has 0 aliphatic carbocycles. The molecule has 1 saturated heterocycles. The monoisotopic (exact) mass is 314 g/mol. The van der Waals surface area contributed by atoms with Crippen molar-refractivity contribution in [1.29, 1.82) is 0 Å². The minimum Gasteiger partial charge on any atom is -0.357 e. The van der Waals surface area contributed by atoms with Crippen LogP contribution < -0.4 is 5.32 Å². The van der Waals surface area contributed by atoms with Gasteiger partial charge in [-0.15, -0.1) is 0 Å². The first-order chi connectivity index (χ1) is 10.3. The first-order valence-corrected chi connectivity index (χ1v) is 9.92. The van der Waals surface area contributed by atoms with E-state index >= 15 is 0 Å². The van der Waals surface area contributed by atoms with Gasteiger partial charge in [0.2, 0.25) is 0 Å². The molecule has 1 N–H and O–H groups in total. The first kappa shape index (κ1) is 18.6. The van der Waals surface area contributed by atoms with E-state index in [0.717, 1.165) is 45.2 Å². The second kappa shape index (κ2) is 11.2. The van der Waals surface area contributed by atoms with E-state index in [4.69, 9.17) is 4.99 Å². The predicted molar refractivity (Wildman–Crippen MR) is 96.5 cm³/mol. The minimum atomic E-state index is 0.695. The fourth-order valence-electron chi connectivity index (χ4n) is 2.94. The van der Waals surface area contributed by atoms with Crippen LogP contribution in [0.2, 0.25) is 0 Å².